The lowest BCUT2D eigenvalue weighted by Gasteiger charge is -2.22. The zero-order chi connectivity index (χ0) is 31.5. The maximum Gasteiger partial charge on any atom is 0.408 e. The highest BCUT2D eigenvalue weighted by atomic mass is 35.5. The number of halogens is 6. The smallest absolute Gasteiger partial charge is 0.408 e. The summed E-state index contributed by atoms with van der Waals surface area (Å²) in [4.78, 5) is -0.649. The molecule has 0 aliphatic heterocycles. The molecule has 9 nitrogen and oxygen atoms in total. The third-order valence-corrected chi connectivity index (χ3v) is 8.76. The van der Waals surface area contributed by atoms with E-state index >= 15 is 0 Å². The van der Waals surface area contributed by atoms with E-state index in [1.807, 2.05) is 13.8 Å². The van der Waals surface area contributed by atoms with Gasteiger partial charge >= 0.3 is 6.18 Å². The number of sulfonamides is 1. The first-order valence-corrected chi connectivity index (χ1v) is 15.3. The highest BCUT2D eigenvalue weighted by Crippen LogP contribution is 2.39. The molecule has 4 aromatic rings. The molecule has 0 amide bonds. The number of alkyl halides is 3. The van der Waals surface area contributed by atoms with Crippen molar-refractivity contribution < 1.29 is 40.7 Å². The molecule has 0 aliphatic carbocycles. The zero-order valence-electron chi connectivity index (χ0n) is 22.1. The minimum absolute atomic E-state index is 0.0870. The van der Waals surface area contributed by atoms with Crippen molar-refractivity contribution in [3.63, 3.8) is 0 Å². The highest BCUT2D eigenvalue weighted by Gasteiger charge is 2.43. The summed E-state index contributed by atoms with van der Waals surface area (Å²) in [7, 11) is -4.80. The van der Waals surface area contributed by atoms with Gasteiger partial charge in [0.1, 0.15) is 27.3 Å². The molecule has 4 rings (SSSR count). The van der Waals surface area contributed by atoms with E-state index in [0.29, 0.717) is 21.3 Å². The predicted octanol–water partition coefficient (Wildman–Crippen LogP) is 7.19. The molecule has 0 aliphatic rings. The van der Waals surface area contributed by atoms with Gasteiger partial charge in [-0.15, -0.1) is 10.2 Å². The van der Waals surface area contributed by atoms with Crippen LogP contribution >= 0.6 is 34.5 Å². The van der Waals surface area contributed by atoms with Gasteiger partial charge in [-0.1, -0.05) is 46.7 Å². The Morgan fingerprint density at radius 1 is 1.00 bits per heavy atom. The summed E-state index contributed by atoms with van der Waals surface area (Å²) in [5.41, 5.74) is 1.96. The Kier molecular flexibility index (Phi) is 10.0. The summed E-state index contributed by atoms with van der Waals surface area (Å²) in [6.45, 7) is 2.38. The van der Waals surface area contributed by atoms with Gasteiger partial charge in [-0.05, 0) is 50.2 Å². The number of aromatic nitrogens is 2. The van der Waals surface area contributed by atoms with E-state index in [1.54, 1.807) is 23.7 Å². The number of nitrogens with zero attached hydrogens (tertiary/aromatic N) is 2. The molecule has 1 atom stereocenters. The van der Waals surface area contributed by atoms with Crippen molar-refractivity contribution >= 4 is 50.2 Å². The maximum atomic E-state index is 15.0. The standard InChI is InChI=1S/C26H22Cl2F4N4O5S2/c1-13(2)41-20-8-7-14(9-17(20)28)24-33-34-25(42-24)15-10-18(29)21(11-16(15)27)40-12-23(26(30,31)32)36-43(38,39)22-6-4-3-5-19(22)35-37/h3-11,13,23,35-37H,12H2,1-2H3. The van der Waals surface area contributed by atoms with Crippen LogP contribution in [0.4, 0.5) is 23.2 Å². The summed E-state index contributed by atoms with van der Waals surface area (Å²) < 4.78 is 93.6. The molecule has 17 heteroatoms. The Morgan fingerprint density at radius 2 is 1.70 bits per heavy atom. The van der Waals surface area contributed by atoms with Gasteiger partial charge in [0.25, 0.3) is 0 Å². The van der Waals surface area contributed by atoms with Crippen LogP contribution in [-0.2, 0) is 10.0 Å². The number of hydrogen-bond acceptors (Lipinski definition) is 9. The summed E-state index contributed by atoms with van der Waals surface area (Å²) in [5.74, 6) is -1.25. The van der Waals surface area contributed by atoms with Crippen LogP contribution in [0.1, 0.15) is 13.8 Å². The van der Waals surface area contributed by atoms with Crippen LogP contribution in [0.2, 0.25) is 10.0 Å². The van der Waals surface area contributed by atoms with Gasteiger partial charge in [-0.25, -0.2) is 12.8 Å². The minimum atomic E-state index is -5.13. The van der Waals surface area contributed by atoms with Crippen molar-refractivity contribution in [1.82, 2.24) is 14.9 Å². The van der Waals surface area contributed by atoms with E-state index in [-0.39, 0.29) is 27.4 Å². The number of rotatable bonds is 11. The van der Waals surface area contributed by atoms with E-state index in [9.17, 15) is 26.0 Å². The largest absolute Gasteiger partial charge is 0.489 e. The monoisotopic (exact) mass is 680 g/mol. The quantitative estimate of drug-likeness (QED) is 0.112. The van der Waals surface area contributed by atoms with Crippen LogP contribution in [0.5, 0.6) is 11.5 Å². The molecule has 0 saturated carbocycles. The van der Waals surface area contributed by atoms with Gasteiger partial charge in [-0.2, -0.15) is 17.9 Å². The summed E-state index contributed by atoms with van der Waals surface area (Å²) >= 11 is 13.7. The first-order chi connectivity index (χ1) is 20.2. The normalized spacial score (nSPS) is 12.8. The fourth-order valence-corrected chi connectivity index (χ4v) is 6.41. The zero-order valence-corrected chi connectivity index (χ0v) is 25.3. The summed E-state index contributed by atoms with van der Waals surface area (Å²) in [5, 5.41) is 18.2. The fourth-order valence-electron chi connectivity index (χ4n) is 3.65. The van der Waals surface area contributed by atoms with Crippen LogP contribution in [0, 0.1) is 5.82 Å². The van der Waals surface area contributed by atoms with Gasteiger partial charge in [0.2, 0.25) is 10.0 Å². The molecule has 1 aromatic heterocycles. The topological polar surface area (TPSA) is 123 Å². The Labute approximate surface area is 257 Å². The molecule has 43 heavy (non-hydrogen) atoms. The number of nitrogens with one attached hydrogen (secondary N) is 2. The summed E-state index contributed by atoms with van der Waals surface area (Å²) in [6, 6.07) is 8.85. The van der Waals surface area contributed by atoms with E-state index in [1.165, 1.54) is 16.9 Å². The van der Waals surface area contributed by atoms with Crippen molar-refractivity contribution in [2.45, 2.75) is 37.1 Å². The van der Waals surface area contributed by atoms with Gasteiger partial charge in [0, 0.05) is 17.2 Å². The van der Waals surface area contributed by atoms with Crippen molar-refractivity contribution in [2.24, 2.45) is 0 Å². The van der Waals surface area contributed by atoms with Crippen LogP contribution in [0.25, 0.3) is 21.1 Å². The number of benzene rings is 3. The van der Waals surface area contributed by atoms with Crippen LogP contribution in [-0.4, -0.2) is 48.8 Å². The Bertz CT molecular complexity index is 1720. The molecule has 3 N–H and O–H groups in total. The lowest BCUT2D eigenvalue weighted by atomic mass is 10.2. The molecule has 0 saturated heterocycles. The second-order valence-electron chi connectivity index (χ2n) is 9.12. The Morgan fingerprint density at radius 3 is 2.35 bits per heavy atom. The Balaban J connectivity index is 1.53. The second-order valence-corrected chi connectivity index (χ2v) is 12.6. The highest BCUT2D eigenvalue weighted by molar-refractivity contribution is 7.89. The molecule has 0 bridgehead atoms. The van der Waals surface area contributed by atoms with Gasteiger partial charge in [0.15, 0.2) is 17.6 Å². The summed E-state index contributed by atoms with van der Waals surface area (Å²) in [6.07, 6.45) is -5.21. The number of ether oxygens (including phenoxy) is 2. The lowest BCUT2D eigenvalue weighted by Crippen LogP contribution is -2.49. The molecule has 1 heterocycles. The van der Waals surface area contributed by atoms with E-state index in [2.05, 4.69) is 10.2 Å². The molecular formula is C26H22Cl2F4N4O5S2. The average molecular weight is 682 g/mol. The van der Waals surface area contributed by atoms with Crippen molar-refractivity contribution in [1.29, 1.82) is 0 Å². The molecule has 0 radical (unpaired) electrons. The molecular weight excluding hydrogens is 659 g/mol. The van der Waals surface area contributed by atoms with Crippen molar-refractivity contribution in [3.8, 4) is 32.6 Å². The van der Waals surface area contributed by atoms with Crippen molar-refractivity contribution in [2.75, 3.05) is 12.1 Å². The molecule has 230 valence electrons. The third kappa shape index (κ3) is 7.85. The van der Waals surface area contributed by atoms with Crippen LogP contribution in [0.3, 0.4) is 0 Å². The predicted molar refractivity (Wildman–Crippen MR) is 154 cm³/mol. The minimum Gasteiger partial charge on any atom is -0.489 e. The lowest BCUT2D eigenvalue weighted by molar-refractivity contribution is -0.157. The number of para-hydroxylation sites is 1. The first kappa shape index (κ1) is 32.7. The van der Waals surface area contributed by atoms with E-state index in [0.717, 1.165) is 35.6 Å². The average Bonchev–Trinajstić information content (AvgIpc) is 3.43. The van der Waals surface area contributed by atoms with Crippen LogP contribution in [0.15, 0.2) is 59.5 Å². The van der Waals surface area contributed by atoms with Crippen molar-refractivity contribution in [3.05, 3.63) is 70.5 Å². The molecule has 3 aromatic carbocycles. The fraction of sp³-hybridized carbons (Fsp3) is 0.231. The van der Waals surface area contributed by atoms with Gasteiger partial charge in [-0.3, -0.25) is 10.7 Å². The van der Waals surface area contributed by atoms with Crippen LogP contribution < -0.4 is 19.7 Å². The molecule has 1 unspecified atom stereocenters. The first-order valence-electron chi connectivity index (χ1n) is 12.2. The van der Waals surface area contributed by atoms with Gasteiger partial charge in [0.05, 0.1) is 21.8 Å². The second kappa shape index (κ2) is 13.2. The van der Waals surface area contributed by atoms with E-state index < -0.39 is 45.3 Å². The third-order valence-electron chi connectivity index (χ3n) is 5.61. The van der Waals surface area contributed by atoms with E-state index in [4.69, 9.17) is 37.9 Å². The maximum absolute atomic E-state index is 15.0. The Hall–Kier alpha value is -3.21. The van der Waals surface area contributed by atoms with Gasteiger partial charge < -0.3 is 9.47 Å². The number of hydrogen-bond donors (Lipinski definition) is 3. The SMILES string of the molecule is CC(C)Oc1ccc(-c2nnc(-c3cc(F)c(OCC(NS(=O)(=O)c4ccccc4NO)C(F)(F)F)cc3Cl)s2)cc1Cl. The number of anilines is 1. The molecule has 0 fully saturated rings. The molecule has 0 spiro atoms.